The molecule has 0 aliphatic rings. The fraction of sp³-hybridized carbons (Fsp3) is 0.259. The predicted molar refractivity (Wildman–Crippen MR) is 133 cm³/mol. The predicted octanol–water partition coefficient (Wildman–Crippen LogP) is 7.30. The van der Waals surface area contributed by atoms with E-state index in [0.29, 0.717) is 39.4 Å². The first-order chi connectivity index (χ1) is 15.8. The Hall–Kier alpha value is -3.31. The molecule has 1 aromatic heterocycles. The van der Waals surface area contributed by atoms with E-state index in [1.807, 2.05) is 38.1 Å². The molecule has 0 saturated heterocycles. The van der Waals surface area contributed by atoms with Gasteiger partial charge in [0.05, 0.1) is 10.6 Å². The summed E-state index contributed by atoms with van der Waals surface area (Å²) in [6.07, 6.45) is 1.05. The molecule has 1 unspecified atom stereocenters. The Morgan fingerprint density at radius 1 is 1.09 bits per heavy atom. The van der Waals surface area contributed by atoms with Crippen molar-refractivity contribution in [1.29, 1.82) is 0 Å². The molecule has 6 heteroatoms. The van der Waals surface area contributed by atoms with Crippen LogP contribution in [0.5, 0.6) is 5.75 Å². The molecule has 1 amide bonds. The Morgan fingerprint density at radius 2 is 1.91 bits per heavy atom. The molecule has 0 radical (unpaired) electrons. The van der Waals surface area contributed by atoms with Crippen LogP contribution in [-0.2, 0) is 4.79 Å². The number of nitrogens with one attached hydrogen (secondary N) is 1. The number of anilines is 1. The summed E-state index contributed by atoms with van der Waals surface area (Å²) < 4.78 is 11.6. The Kier molecular flexibility index (Phi) is 6.70. The van der Waals surface area contributed by atoms with Crippen LogP contribution < -0.4 is 10.1 Å². The summed E-state index contributed by atoms with van der Waals surface area (Å²) >= 11 is 6.43. The second-order valence-corrected chi connectivity index (χ2v) is 8.74. The third-order valence-electron chi connectivity index (χ3n) is 5.92. The quantitative estimate of drug-likeness (QED) is 0.313. The van der Waals surface area contributed by atoms with Gasteiger partial charge in [-0.3, -0.25) is 4.79 Å². The summed E-state index contributed by atoms with van der Waals surface area (Å²) in [7, 11) is 0. The lowest BCUT2D eigenvalue weighted by Crippen LogP contribution is -2.20. The number of amides is 1. The molecular formula is C27H27ClN2O3. The third kappa shape index (κ3) is 5.20. The average Bonchev–Trinajstić information content (AvgIpc) is 3.23. The summed E-state index contributed by atoms with van der Waals surface area (Å²) in [5.41, 5.74) is 6.21. The molecule has 0 fully saturated rings. The number of hydrogen-bond donors (Lipinski definition) is 1. The van der Waals surface area contributed by atoms with E-state index in [2.05, 4.69) is 36.3 Å². The monoisotopic (exact) mass is 462 g/mol. The molecular weight excluding hydrogens is 436 g/mol. The highest BCUT2D eigenvalue weighted by Gasteiger charge is 2.15. The highest BCUT2D eigenvalue weighted by atomic mass is 35.5. The number of carbonyl (C=O) groups is 1. The van der Waals surface area contributed by atoms with E-state index in [-0.39, 0.29) is 12.5 Å². The number of ether oxygens (including phenoxy) is 1. The average molecular weight is 463 g/mol. The molecule has 1 heterocycles. The fourth-order valence-electron chi connectivity index (χ4n) is 3.52. The first-order valence-electron chi connectivity index (χ1n) is 11.0. The number of halogens is 1. The van der Waals surface area contributed by atoms with Gasteiger partial charge in [0.25, 0.3) is 5.91 Å². The number of aromatic nitrogens is 1. The van der Waals surface area contributed by atoms with Crippen molar-refractivity contribution >= 4 is 34.3 Å². The van der Waals surface area contributed by atoms with Gasteiger partial charge < -0.3 is 14.5 Å². The Bertz CT molecular complexity index is 1310. The van der Waals surface area contributed by atoms with Crippen LogP contribution in [0.15, 0.2) is 59.0 Å². The van der Waals surface area contributed by atoms with E-state index in [1.165, 1.54) is 11.1 Å². The van der Waals surface area contributed by atoms with E-state index in [1.54, 1.807) is 18.2 Å². The van der Waals surface area contributed by atoms with Gasteiger partial charge in [0.1, 0.15) is 11.3 Å². The fourth-order valence-corrected chi connectivity index (χ4v) is 3.72. The smallest absolute Gasteiger partial charge is 0.262 e. The number of nitrogens with zero attached hydrogens (tertiary/aromatic N) is 1. The summed E-state index contributed by atoms with van der Waals surface area (Å²) in [6.45, 7) is 8.30. The second kappa shape index (κ2) is 9.67. The number of fused-ring (bicyclic) bond motifs is 1. The molecule has 33 heavy (non-hydrogen) atoms. The van der Waals surface area contributed by atoms with Crippen LogP contribution in [0.25, 0.3) is 22.6 Å². The standard InChI is InChI=1S/C27H27ClN2O3/c1-5-16(2)19-7-11-25-24(13-19)30-27(33-25)22-14-20(8-10-23(22)28)29-26(31)15-32-21-9-6-17(3)18(4)12-21/h6-14,16H,5,15H2,1-4H3,(H,29,31). The normalized spacial score (nSPS) is 12.0. The summed E-state index contributed by atoms with van der Waals surface area (Å²) in [5, 5.41) is 3.34. The second-order valence-electron chi connectivity index (χ2n) is 8.33. The Balaban J connectivity index is 1.50. The summed E-state index contributed by atoms with van der Waals surface area (Å²) in [4.78, 5) is 17.1. The molecule has 0 saturated carbocycles. The molecule has 5 nitrogen and oxygen atoms in total. The van der Waals surface area contributed by atoms with Gasteiger partial charge in [0, 0.05) is 5.69 Å². The van der Waals surface area contributed by atoms with Gasteiger partial charge in [-0.1, -0.05) is 37.6 Å². The molecule has 0 aliphatic carbocycles. The maximum absolute atomic E-state index is 12.4. The van der Waals surface area contributed by atoms with Crippen LogP contribution in [0, 0.1) is 13.8 Å². The lowest BCUT2D eigenvalue weighted by Gasteiger charge is -2.10. The zero-order chi connectivity index (χ0) is 23.5. The van der Waals surface area contributed by atoms with Crippen LogP contribution in [0.1, 0.15) is 42.9 Å². The molecule has 3 aromatic carbocycles. The molecule has 170 valence electrons. The Labute approximate surface area is 198 Å². The lowest BCUT2D eigenvalue weighted by atomic mass is 9.98. The molecule has 0 bridgehead atoms. The molecule has 1 N–H and O–H groups in total. The SMILES string of the molecule is CCC(C)c1ccc2oc(-c3cc(NC(=O)COc4ccc(C)c(C)c4)ccc3Cl)nc2c1. The lowest BCUT2D eigenvalue weighted by molar-refractivity contribution is -0.118. The van der Waals surface area contributed by atoms with Gasteiger partial charge >= 0.3 is 0 Å². The zero-order valence-electron chi connectivity index (χ0n) is 19.2. The van der Waals surface area contributed by atoms with Crippen molar-refractivity contribution in [3.63, 3.8) is 0 Å². The van der Waals surface area contributed by atoms with Gasteiger partial charge in [0.2, 0.25) is 5.89 Å². The van der Waals surface area contributed by atoms with Crippen molar-refractivity contribution in [2.45, 2.75) is 40.0 Å². The number of rotatable bonds is 7. The van der Waals surface area contributed by atoms with Crippen molar-refractivity contribution < 1.29 is 13.9 Å². The first-order valence-corrected chi connectivity index (χ1v) is 11.4. The number of benzene rings is 3. The minimum Gasteiger partial charge on any atom is -0.484 e. The Morgan fingerprint density at radius 3 is 2.67 bits per heavy atom. The number of hydrogen-bond acceptors (Lipinski definition) is 4. The topological polar surface area (TPSA) is 64.4 Å². The maximum atomic E-state index is 12.4. The maximum Gasteiger partial charge on any atom is 0.262 e. The highest BCUT2D eigenvalue weighted by molar-refractivity contribution is 6.33. The number of aryl methyl sites for hydroxylation is 2. The van der Waals surface area contributed by atoms with Crippen molar-refractivity contribution in [3.05, 3.63) is 76.3 Å². The van der Waals surface area contributed by atoms with E-state index in [0.717, 1.165) is 17.5 Å². The van der Waals surface area contributed by atoms with E-state index < -0.39 is 0 Å². The summed E-state index contributed by atoms with van der Waals surface area (Å²) in [5.74, 6) is 1.26. The molecule has 0 aliphatic heterocycles. The molecule has 1 atom stereocenters. The summed E-state index contributed by atoms with van der Waals surface area (Å²) in [6, 6.07) is 17.0. The van der Waals surface area contributed by atoms with E-state index in [9.17, 15) is 4.79 Å². The minimum atomic E-state index is -0.266. The van der Waals surface area contributed by atoms with Crippen molar-refractivity contribution in [2.75, 3.05) is 11.9 Å². The van der Waals surface area contributed by atoms with Crippen LogP contribution in [0.3, 0.4) is 0 Å². The first kappa shape index (κ1) is 22.9. The van der Waals surface area contributed by atoms with Crippen LogP contribution >= 0.6 is 11.6 Å². The van der Waals surface area contributed by atoms with E-state index in [4.69, 9.17) is 20.8 Å². The molecule has 4 aromatic rings. The van der Waals surface area contributed by atoms with Crippen molar-refractivity contribution in [1.82, 2.24) is 4.98 Å². The van der Waals surface area contributed by atoms with Crippen molar-refractivity contribution in [2.24, 2.45) is 0 Å². The third-order valence-corrected chi connectivity index (χ3v) is 6.25. The highest BCUT2D eigenvalue weighted by Crippen LogP contribution is 2.33. The minimum absolute atomic E-state index is 0.0955. The van der Waals surface area contributed by atoms with Crippen LogP contribution in [0.2, 0.25) is 5.02 Å². The van der Waals surface area contributed by atoms with Gasteiger partial charge in [0.15, 0.2) is 12.2 Å². The van der Waals surface area contributed by atoms with Gasteiger partial charge in [-0.15, -0.1) is 0 Å². The van der Waals surface area contributed by atoms with Crippen molar-refractivity contribution in [3.8, 4) is 17.2 Å². The van der Waals surface area contributed by atoms with Crippen LogP contribution in [-0.4, -0.2) is 17.5 Å². The van der Waals surface area contributed by atoms with E-state index >= 15 is 0 Å². The largest absolute Gasteiger partial charge is 0.484 e. The number of oxazole rings is 1. The van der Waals surface area contributed by atoms with Gasteiger partial charge in [-0.05, 0) is 85.3 Å². The number of carbonyl (C=O) groups excluding carboxylic acids is 1. The van der Waals surface area contributed by atoms with Gasteiger partial charge in [-0.25, -0.2) is 4.98 Å². The van der Waals surface area contributed by atoms with Gasteiger partial charge in [-0.2, -0.15) is 0 Å². The zero-order valence-corrected chi connectivity index (χ0v) is 20.0. The molecule has 4 rings (SSSR count). The molecule has 0 spiro atoms. The van der Waals surface area contributed by atoms with Crippen LogP contribution in [0.4, 0.5) is 5.69 Å².